The van der Waals surface area contributed by atoms with Gasteiger partial charge in [-0.1, -0.05) is 12.8 Å². The molecule has 0 aromatic heterocycles. The molecule has 0 bridgehead atoms. The summed E-state index contributed by atoms with van der Waals surface area (Å²) < 4.78 is 0. The Morgan fingerprint density at radius 1 is 1.10 bits per heavy atom. The van der Waals surface area contributed by atoms with Crippen LogP contribution < -0.4 is 0 Å². The van der Waals surface area contributed by atoms with Gasteiger partial charge in [-0.25, -0.2) is 0 Å². The molecular weight excluding hydrogens is 122 g/mol. The fraction of sp³-hybridized carbons (Fsp3) is 0.889. The smallest absolute Gasteiger partial charge is 0.0527 e. The predicted octanol–water partition coefficient (Wildman–Crippen LogP) is 2.41. The molecule has 1 fully saturated rings. The van der Waals surface area contributed by atoms with Gasteiger partial charge in [0.1, 0.15) is 0 Å². The molecule has 1 aliphatic carbocycles. The van der Waals surface area contributed by atoms with Gasteiger partial charge in [0.2, 0.25) is 0 Å². The first-order chi connectivity index (χ1) is 4.97. The van der Waals surface area contributed by atoms with Gasteiger partial charge in [-0.05, 0) is 37.8 Å². The molecule has 0 aromatic carbocycles. The van der Waals surface area contributed by atoms with Crippen molar-refractivity contribution in [2.45, 2.75) is 44.6 Å². The van der Waals surface area contributed by atoms with Gasteiger partial charge in [-0.15, -0.1) is 0 Å². The van der Waals surface area contributed by atoms with E-state index in [4.69, 9.17) is 0 Å². The molecule has 0 spiro atoms. The summed E-state index contributed by atoms with van der Waals surface area (Å²) in [5.74, 6) is 0.957. The van der Waals surface area contributed by atoms with Crippen LogP contribution in [0.1, 0.15) is 38.5 Å². The topological polar surface area (TPSA) is 12.4 Å². The summed E-state index contributed by atoms with van der Waals surface area (Å²) in [5.41, 5.74) is 0. The Balaban J connectivity index is 1.91. The van der Waals surface area contributed by atoms with E-state index < -0.39 is 0 Å². The van der Waals surface area contributed by atoms with E-state index in [1.807, 2.05) is 0 Å². The van der Waals surface area contributed by atoms with E-state index in [9.17, 15) is 0 Å². The second-order valence-electron chi connectivity index (χ2n) is 3.52. The average molecular weight is 137 g/mol. The van der Waals surface area contributed by atoms with Crippen molar-refractivity contribution < 1.29 is 0 Å². The van der Waals surface area contributed by atoms with Crippen LogP contribution in [-0.4, -0.2) is 12.3 Å². The number of rotatable bonds is 1. The van der Waals surface area contributed by atoms with Crippen molar-refractivity contribution in [3.63, 3.8) is 0 Å². The van der Waals surface area contributed by atoms with E-state index in [2.05, 4.69) is 11.2 Å². The zero-order valence-corrected chi connectivity index (χ0v) is 6.42. The van der Waals surface area contributed by atoms with Crippen molar-refractivity contribution in [3.05, 3.63) is 0 Å². The molecule has 0 saturated heterocycles. The molecule has 0 N–H and O–H groups in total. The van der Waals surface area contributed by atoms with Crippen LogP contribution in [0.3, 0.4) is 0 Å². The third-order valence-electron chi connectivity index (χ3n) is 2.83. The molecule has 56 valence electrons. The Morgan fingerprint density at radius 2 is 1.90 bits per heavy atom. The summed E-state index contributed by atoms with van der Waals surface area (Å²) >= 11 is 0. The molecule has 1 unspecified atom stereocenters. The highest BCUT2D eigenvalue weighted by Gasteiger charge is 2.25. The Bertz CT molecular complexity index is 134. The van der Waals surface area contributed by atoms with Crippen LogP contribution in [0.5, 0.6) is 0 Å². The van der Waals surface area contributed by atoms with Crippen molar-refractivity contribution in [2.75, 3.05) is 0 Å². The SMILES string of the molecule is C1=NC(C2CCCC2)CC1. The van der Waals surface area contributed by atoms with Crippen molar-refractivity contribution in [3.8, 4) is 0 Å². The van der Waals surface area contributed by atoms with Gasteiger partial charge < -0.3 is 0 Å². The summed E-state index contributed by atoms with van der Waals surface area (Å²) in [6.45, 7) is 0. The third kappa shape index (κ3) is 1.09. The van der Waals surface area contributed by atoms with Crippen LogP contribution in [-0.2, 0) is 0 Å². The van der Waals surface area contributed by atoms with E-state index in [-0.39, 0.29) is 0 Å². The van der Waals surface area contributed by atoms with E-state index >= 15 is 0 Å². The fourth-order valence-electron chi connectivity index (χ4n) is 2.23. The van der Waals surface area contributed by atoms with Gasteiger partial charge in [0.15, 0.2) is 0 Å². The van der Waals surface area contributed by atoms with Crippen LogP contribution >= 0.6 is 0 Å². The van der Waals surface area contributed by atoms with Crippen molar-refractivity contribution in [1.29, 1.82) is 0 Å². The van der Waals surface area contributed by atoms with Crippen LogP contribution in [0.4, 0.5) is 0 Å². The quantitative estimate of drug-likeness (QED) is 0.526. The molecule has 2 rings (SSSR count). The average Bonchev–Trinajstić information content (AvgIpc) is 2.59. The van der Waals surface area contributed by atoms with Crippen LogP contribution in [0.15, 0.2) is 4.99 Å². The minimum absolute atomic E-state index is 0.725. The molecule has 1 heteroatoms. The zero-order chi connectivity index (χ0) is 6.81. The molecule has 1 saturated carbocycles. The minimum atomic E-state index is 0.725. The molecule has 10 heavy (non-hydrogen) atoms. The maximum atomic E-state index is 4.49. The van der Waals surface area contributed by atoms with E-state index in [1.165, 1.54) is 38.5 Å². The van der Waals surface area contributed by atoms with Gasteiger partial charge in [-0.3, -0.25) is 4.99 Å². The monoisotopic (exact) mass is 137 g/mol. The second kappa shape index (κ2) is 2.73. The zero-order valence-electron chi connectivity index (χ0n) is 6.42. The maximum Gasteiger partial charge on any atom is 0.0527 e. The summed E-state index contributed by atoms with van der Waals surface area (Å²) in [7, 11) is 0. The first kappa shape index (κ1) is 6.38. The number of aliphatic imine (C=N–C) groups is 1. The highest BCUT2D eigenvalue weighted by atomic mass is 14.8. The van der Waals surface area contributed by atoms with Crippen molar-refractivity contribution >= 4 is 6.21 Å². The Labute approximate surface area is 62.5 Å². The molecule has 2 aliphatic rings. The lowest BCUT2D eigenvalue weighted by Crippen LogP contribution is -2.11. The molecule has 1 nitrogen and oxygen atoms in total. The largest absolute Gasteiger partial charge is 0.294 e. The lowest BCUT2D eigenvalue weighted by atomic mass is 9.97. The lowest BCUT2D eigenvalue weighted by Gasteiger charge is -2.13. The fourth-order valence-corrected chi connectivity index (χ4v) is 2.23. The summed E-state index contributed by atoms with van der Waals surface area (Å²) in [5, 5.41) is 0. The molecule has 1 heterocycles. The Morgan fingerprint density at radius 3 is 2.50 bits per heavy atom. The van der Waals surface area contributed by atoms with Crippen LogP contribution in [0.2, 0.25) is 0 Å². The standard InChI is InChI=1S/C9H15N/c1-2-5-8(4-1)9-6-3-7-10-9/h7-9H,1-6H2. The van der Waals surface area contributed by atoms with Gasteiger partial charge >= 0.3 is 0 Å². The van der Waals surface area contributed by atoms with Gasteiger partial charge in [0, 0.05) is 0 Å². The van der Waals surface area contributed by atoms with Crippen LogP contribution in [0.25, 0.3) is 0 Å². The second-order valence-corrected chi connectivity index (χ2v) is 3.52. The molecule has 0 aromatic rings. The molecule has 1 aliphatic heterocycles. The molecule has 1 atom stereocenters. The normalized spacial score (nSPS) is 33.8. The first-order valence-electron chi connectivity index (χ1n) is 4.48. The van der Waals surface area contributed by atoms with Crippen LogP contribution in [0, 0.1) is 5.92 Å². The van der Waals surface area contributed by atoms with Crippen molar-refractivity contribution in [2.24, 2.45) is 10.9 Å². The van der Waals surface area contributed by atoms with E-state index in [0.717, 1.165) is 12.0 Å². The highest BCUT2D eigenvalue weighted by Crippen LogP contribution is 2.32. The number of hydrogen-bond donors (Lipinski definition) is 0. The molecule has 0 radical (unpaired) electrons. The minimum Gasteiger partial charge on any atom is -0.294 e. The van der Waals surface area contributed by atoms with Crippen molar-refractivity contribution in [1.82, 2.24) is 0 Å². The Hall–Kier alpha value is -0.330. The third-order valence-corrected chi connectivity index (χ3v) is 2.83. The summed E-state index contributed by atoms with van der Waals surface area (Å²) in [6.07, 6.45) is 10.5. The summed E-state index contributed by atoms with van der Waals surface area (Å²) in [6, 6.07) is 0.725. The van der Waals surface area contributed by atoms with E-state index in [1.54, 1.807) is 0 Å². The highest BCUT2D eigenvalue weighted by molar-refractivity contribution is 5.59. The van der Waals surface area contributed by atoms with E-state index in [0.29, 0.717) is 0 Å². The maximum absolute atomic E-state index is 4.49. The number of hydrogen-bond acceptors (Lipinski definition) is 1. The molecule has 0 amide bonds. The van der Waals surface area contributed by atoms with Gasteiger partial charge in [0.25, 0.3) is 0 Å². The number of nitrogens with zero attached hydrogens (tertiary/aromatic N) is 1. The lowest BCUT2D eigenvalue weighted by molar-refractivity contribution is 0.433. The van der Waals surface area contributed by atoms with Gasteiger partial charge in [0.05, 0.1) is 6.04 Å². The summed E-state index contributed by atoms with van der Waals surface area (Å²) in [4.78, 5) is 4.49. The predicted molar refractivity (Wildman–Crippen MR) is 43.5 cm³/mol. The first-order valence-corrected chi connectivity index (χ1v) is 4.48. The van der Waals surface area contributed by atoms with Gasteiger partial charge in [-0.2, -0.15) is 0 Å². The molecular formula is C9H15N. The Kier molecular flexibility index (Phi) is 1.74.